The van der Waals surface area contributed by atoms with Crippen LogP contribution in [-0.2, 0) is 20.6 Å². The van der Waals surface area contributed by atoms with Crippen molar-refractivity contribution in [3.8, 4) is 0 Å². The van der Waals surface area contributed by atoms with Crippen LogP contribution in [0.1, 0.15) is 0 Å². The zero-order valence-electron chi connectivity index (χ0n) is 10.9. The molecule has 0 spiro atoms. The Morgan fingerprint density at radius 3 is 3.00 bits per heavy atom. The highest BCUT2D eigenvalue weighted by Gasteiger charge is 2.15. The summed E-state index contributed by atoms with van der Waals surface area (Å²) in [6.45, 7) is 0.672. The standard InChI is InChI=1S/C10H16N5O4P/c1-18-3-7(19-6-20(16)17)2-15-5-14-8-9(11)12-4-13-10(8)15/h4-5,7,20H,2-3,6H2,1H3,(H,16,17)(H2,11,12,13)/t7-/m0/s1. The molecule has 0 aliphatic rings. The fourth-order valence-electron chi connectivity index (χ4n) is 1.78. The molecule has 9 nitrogen and oxygen atoms in total. The first-order valence-electron chi connectivity index (χ1n) is 5.85. The highest BCUT2D eigenvalue weighted by molar-refractivity contribution is 7.37. The van der Waals surface area contributed by atoms with Gasteiger partial charge in [0.1, 0.15) is 18.2 Å². The predicted octanol–water partition coefficient (Wildman–Crippen LogP) is -0.135. The third-order valence-electron chi connectivity index (χ3n) is 2.62. The van der Waals surface area contributed by atoms with Gasteiger partial charge >= 0.3 is 0 Å². The fourth-order valence-corrected chi connectivity index (χ4v) is 2.16. The molecular weight excluding hydrogens is 285 g/mol. The number of imidazole rings is 1. The van der Waals surface area contributed by atoms with Crippen molar-refractivity contribution in [2.45, 2.75) is 12.6 Å². The topological polar surface area (TPSA) is 125 Å². The Balaban J connectivity index is 2.15. The molecule has 1 unspecified atom stereocenters. The summed E-state index contributed by atoms with van der Waals surface area (Å²) < 4.78 is 22.8. The molecule has 2 rings (SSSR count). The molecule has 2 aromatic rings. The van der Waals surface area contributed by atoms with E-state index in [9.17, 15) is 4.57 Å². The fraction of sp³-hybridized carbons (Fsp3) is 0.500. The predicted molar refractivity (Wildman–Crippen MR) is 72.6 cm³/mol. The van der Waals surface area contributed by atoms with Crippen molar-refractivity contribution < 1.29 is 18.9 Å². The lowest BCUT2D eigenvalue weighted by Crippen LogP contribution is -2.25. The third kappa shape index (κ3) is 3.51. The second kappa shape index (κ2) is 6.76. The number of aromatic nitrogens is 4. The average Bonchev–Trinajstić information content (AvgIpc) is 2.81. The molecular formula is C10H16N5O4P. The van der Waals surface area contributed by atoms with Crippen molar-refractivity contribution in [1.82, 2.24) is 19.5 Å². The molecule has 0 saturated heterocycles. The normalized spacial score (nSPS) is 14.5. The Bertz CT molecular complexity index is 604. The minimum absolute atomic E-state index is 0.206. The van der Waals surface area contributed by atoms with Crippen molar-refractivity contribution in [1.29, 1.82) is 0 Å². The smallest absolute Gasteiger partial charge is 0.214 e. The zero-order valence-corrected chi connectivity index (χ0v) is 11.9. The summed E-state index contributed by atoms with van der Waals surface area (Å²) >= 11 is 0. The van der Waals surface area contributed by atoms with Crippen LogP contribution in [0.2, 0.25) is 0 Å². The lowest BCUT2D eigenvalue weighted by Gasteiger charge is -2.17. The molecule has 2 heterocycles. The van der Waals surface area contributed by atoms with Crippen molar-refractivity contribution in [2.24, 2.45) is 0 Å². The van der Waals surface area contributed by atoms with E-state index in [1.807, 2.05) is 0 Å². The minimum atomic E-state index is -2.67. The van der Waals surface area contributed by atoms with E-state index >= 15 is 0 Å². The lowest BCUT2D eigenvalue weighted by molar-refractivity contribution is 0.00809. The molecule has 2 atom stereocenters. The molecule has 0 bridgehead atoms. The van der Waals surface area contributed by atoms with E-state index in [-0.39, 0.29) is 19.1 Å². The van der Waals surface area contributed by atoms with Gasteiger partial charge in [0.15, 0.2) is 11.5 Å². The number of hydrogen-bond acceptors (Lipinski definition) is 7. The molecule has 0 amide bonds. The van der Waals surface area contributed by atoms with Gasteiger partial charge in [0.25, 0.3) is 0 Å². The molecule has 0 saturated carbocycles. The number of methoxy groups -OCH3 is 1. The molecule has 0 fully saturated rings. The summed E-state index contributed by atoms with van der Waals surface area (Å²) in [7, 11) is -1.14. The summed E-state index contributed by atoms with van der Waals surface area (Å²) in [6, 6.07) is 0. The Labute approximate surface area is 115 Å². The van der Waals surface area contributed by atoms with Crippen LogP contribution in [0, 0.1) is 0 Å². The van der Waals surface area contributed by atoms with Crippen LogP contribution in [0.25, 0.3) is 11.2 Å². The molecule has 0 aliphatic carbocycles. The summed E-state index contributed by atoms with van der Waals surface area (Å²) in [5.41, 5.74) is 6.80. The number of anilines is 1. The maximum atomic E-state index is 10.7. The highest BCUT2D eigenvalue weighted by Crippen LogP contribution is 2.17. The van der Waals surface area contributed by atoms with E-state index in [0.717, 1.165) is 0 Å². The molecule has 2 aromatic heterocycles. The largest absolute Gasteiger partial charge is 0.382 e. The van der Waals surface area contributed by atoms with Gasteiger partial charge in [0.2, 0.25) is 8.03 Å². The van der Waals surface area contributed by atoms with E-state index in [4.69, 9.17) is 20.1 Å². The number of ether oxygens (including phenoxy) is 2. The van der Waals surface area contributed by atoms with Crippen LogP contribution < -0.4 is 5.73 Å². The number of nitrogens with two attached hydrogens (primary N) is 1. The van der Waals surface area contributed by atoms with Gasteiger partial charge in [-0.25, -0.2) is 15.0 Å². The number of rotatable bonds is 7. The van der Waals surface area contributed by atoms with Crippen molar-refractivity contribution in [3.05, 3.63) is 12.7 Å². The number of nitrogens with zero attached hydrogens (tertiary/aromatic N) is 4. The molecule has 0 aliphatic heterocycles. The Kier molecular flexibility index (Phi) is 5.02. The summed E-state index contributed by atoms with van der Waals surface area (Å²) in [6.07, 6.45) is 2.34. The molecule has 10 heteroatoms. The van der Waals surface area contributed by atoms with Crippen LogP contribution in [0.15, 0.2) is 12.7 Å². The van der Waals surface area contributed by atoms with Crippen LogP contribution in [-0.4, -0.2) is 50.6 Å². The number of hydrogen-bond donors (Lipinski definition) is 2. The first-order valence-corrected chi connectivity index (χ1v) is 7.41. The zero-order chi connectivity index (χ0) is 14.5. The number of nitrogen functional groups attached to an aromatic ring is 1. The lowest BCUT2D eigenvalue weighted by atomic mass is 10.3. The summed E-state index contributed by atoms with van der Waals surface area (Å²) in [5.74, 6) is 0.304. The first kappa shape index (κ1) is 14.9. The van der Waals surface area contributed by atoms with Crippen molar-refractivity contribution in [2.75, 3.05) is 25.8 Å². The second-order valence-corrected chi connectivity index (χ2v) is 5.19. The van der Waals surface area contributed by atoms with Crippen LogP contribution in [0.3, 0.4) is 0 Å². The second-order valence-electron chi connectivity index (χ2n) is 4.11. The first-order chi connectivity index (χ1) is 9.61. The van der Waals surface area contributed by atoms with E-state index in [1.165, 1.54) is 13.4 Å². The van der Waals surface area contributed by atoms with Gasteiger partial charge in [-0.3, -0.25) is 4.57 Å². The average molecular weight is 301 g/mol. The minimum Gasteiger partial charge on any atom is -0.382 e. The highest BCUT2D eigenvalue weighted by atomic mass is 31.1. The van der Waals surface area contributed by atoms with Gasteiger partial charge in [-0.1, -0.05) is 0 Å². The van der Waals surface area contributed by atoms with Gasteiger partial charge in [-0.15, -0.1) is 0 Å². The molecule has 0 aromatic carbocycles. The van der Waals surface area contributed by atoms with E-state index in [1.54, 1.807) is 10.9 Å². The maximum Gasteiger partial charge on any atom is 0.214 e. The van der Waals surface area contributed by atoms with Crippen molar-refractivity contribution >= 4 is 25.0 Å². The van der Waals surface area contributed by atoms with Crippen LogP contribution in [0.5, 0.6) is 0 Å². The molecule has 110 valence electrons. The van der Waals surface area contributed by atoms with Gasteiger partial charge in [-0.2, -0.15) is 0 Å². The van der Waals surface area contributed by atoms with Crippen LogP contribution in [0.4, 0.5) is 5.82 Å². The Morgan fingerprint density at radius 2 is 2.30 bits per heavy atom. The van der Waals surface area contributed by atoms with E-state index in [2.05, 4.69) is 15.0 Å². The van der Waals surface area contributed by atoms with Crippen LogP contribution >= 0.6 is 8.03 Å². The van der Waals surface area contributed by atoms with E-state index < -0.39 is 8.03 Å². The quantitative estimate of drug-likeness (QED) is 0.677. The van der Waals surface area contributed by atoms with E-state index in [0.29, 0.717) is 23.5 Å². The third-order valence-corrected chi connectivity index (χ3v) is 3.04. The maximum absolute atomic E-state index is 10.7. The Hall–Kier alpha value is -1.54. The SMILES string of the molecule is COC[C@H](Cn1cnc2c(N)ncnc21)OC[PH](=O)O. The summed E-state index contributed by atoms with van der Waals surface area (Å²) in [4.78, 5) is 20.9. The molecule has 20 heavy (non-hydrogen) atoms. The molecule has 3 N–H and O–H groups in total. The molecule has 0 radical (unpaired) electrons. The van der Waals surface area contributed by atoms with Gasteiger partial charge in [0, 0.05) is 7.11 Å². The monoisotopic (exact) mass is 301 g/mol. The van der Waals surface area contributed by atoms with Gasteiger partial charge in [0.05, 0.1) is 25.6 Å². The van der Waals surface area contributed by atoms with Crippen molar-refractivity contribution in [3.63, 3.8) is 0 Å². The summed E-state index contributed by atoms with van der Waals surface area (Å²) in [5, 5.41) is 0. The van der Waals surface area contributed by atoms with Gasteiger partial charge < -0.3 is 24.7 Å². The number of fused-ring (bicyclic) bond motifs is 1. The Morgan fingerprint density at radius 1 is 1.50 bits per heavy atom. The van der Waals surface area contributed by atoms with Gasteiger partial charge in [-0.05, 0) is 0 Å².